The van der Waals surface area contributed by atoms with Crippen molar-refractivity contribution in [1.29, 1.82) is 0 Å². The zero-order chi connectivity index (χ0) is 13.0. The standard InChI is InChI=1S/C14H21BrN2O/c1-11(16)13-10-12(15)4-5-14(13)18-9-8-17-6-2-3-7-17/h4-5,10-11H,2-3,6-9,16H2,1H3/t11-/m0/s1. The van der Waals surface area contributed by atoms with Crippen molar-refractivity contribution in [2.75, 3.05) is 26.2 Å². The highest BCUT2D eigenvalue weighted by Crippen LogP contribution is 2.27. The summed E-state index contributed by atoms with van der Waals surface area (Å²) in [5.74, 6) is 0.910. The van der Waals surface area contributed by atoms with E-state index in [2.05, 4.69) is 20.8 Å². The predicted octanol–water partition coefficient (Wildman–Crippen LogP) is 2.94. The van der Waals surface area contributed by atoms with Crippen LogP contribution in [0.2, 0.25) is 0 Å². The van der Waals surface area contributed by atoms with Crippen molar-refractivity contribution in [3.05, 3.63) is 28.2 Å². The van der Waals surface area contributed by atoms with Crippen LogP contribution in [0.3, 0.4) is 0 Å². The van der Waals surface area contributed by atoms with E-state index < -0.39 is 0 Å². The molecular weight excluding hydrogens is 292 g/mol. The number of halogens is 1. The Kier molecular flexibility index (Phi) is 5.03. The Balaban J connectivity index is 1.91. The largest absolute Gasteiger partial charge is 0.492 e. The first-order valence-corrected chi connectivity index (χ1v) is 7.36. The molecule has 100 valence electrons. The molecule has 1 aromatic carbocycles. The molecule has 2 rings (SSSR count). The molecule has 1 aliphatic rings. The Morgan fingerprint density at radius 1 is 1.39 bits per heavy atom. The number of ether oxygens (including phenoxy) is 1. The van der Waals surface area contributed by atoms with E-state index in [0.717, 1.165) is 28.9 Å². The van der Waals surface area contributed by atoms with E-state index >= 15 is 0 Å². The van der Waals surface area contributed by atoms with Crippen LogP contribution >= 0.6 is 15.9 Å². The zero-order valence-corrected chi connectivity index (χ0v) is 12.4. The fourth-order valence-electron chi connectivity index (χ4n) is 2.30. The molecule has 0 spiro atoms. The van der Waals surface area contributed by atoms with Crippen LogP contribution in [0.15, 0.2) is 22.7 Å². The Morgan fingerprint density at radius 2 is 2.11 bits per heavy atom. The van der Waals surface area contributed by atoms with E-state index in [1.807, 2.05) is 25.1 Å². The minimum absolute atomic E-state index is 0.00992. The van der Waals surface area contributed by atoms with Crippen LogP contribution in [0.4, 0.5) is 0 Å². The second-order valence-electron chi connectivity index (χ2n) is 4.87. The van der Waals surface area contributed by atoms with Gasteiger partial charge in [-0.25, -0.2) is 0 Å². The van der Waals surface area contributed by atoms with Gasteiger partial charge < -0.3 is 10.5 Å². The third-order valence-corrected chi connectivity index (χ3v) is 3.82. The van der Waals surface area contributed by atoms with Crippen LogP contribution in [0, 0.1) is 0 Å². The van der Waals surface area contributed by atoms with Gasteiger partial charge in [-0.1, -0.05) is 15.9 Å². The van der Waals surface area contributed by atoms with Gasteiger partial charge in [-0.15, -0.1) is 0 Å². The van der Waals surface area contributed by atoms with Gasteiger partial charge in [0.1, 0.15) is 12.4 Å². The topological polar surface area (TPSA) is 38.5 Å². The summed E-state index contributed by atoms with van der Waals surface area (Å²) < 4.78 is 6.92. The van der Waals surface area contributed by atoms with Crippen molar-refractivity contribution >= 4 is 15.9 Å². The molecule has 1 atom stereocenters. The van der Waals surface area contributed by atoms with Gasteiger partial charge in [-0.2, -0.15) is 0 Å². The number of benzene rings is 1. The molecule has 0 radical (unpaired) electrons. The summed E-state index contributed by atoms with van der Waals surface area (Å²) in [6, 6.07) is 6.02. The van der Waals surface area contributed by atoms with Gasteiger partial charge in [0.05, 0.1) is 0 Å². The smallest absolute Gasteiger partial charge is 0.124 e. The Hall–Kier alpha value is -0.580. The molecule has 18 heavy (non-hydrogen) atoms. The van der Waals surface area contributed by atoms with Crippen molar-refractivity contribution in [2.24, 2.45) is 5.73 Å². The van der Waals surface area contributed by atoms with Crippen molar-refractivity contribution in [3.63, 3.8) is 0 Å². The van der Waals surface area contributed by atoms with Gasteiger partial charge in [0.2, 0.25) is 0 Å². The normalized spacial score (nSPS) is 17.9. The molecule has 0 aromatic heterocycles. The second-order valence-corrected chi connectivity index (χ2v) is 5.78. The molecular formula is C14H21BrN2O. The molecule has 2 N–H and O–H groups in total. The molecule has 1 heterocycles. The van der Waals surface area contributed by atoms with Crippen molar-refractivity contribution < 1.29 is 4.74 Å². The van der Waals surface area contributed by atoms with Gasteiger partial charge in [0.25, 0.3) is 0 Å². The molecule has 1 fully saturated rings. The van der Waals surface area contributed by atoms with E-state index in [4.69, 9.17) is 10.5 Å². The zero-order valence-electron chi connectivity index (χ0n) is 10.9. The summed E-state index contributed by atoms with van der Waals surface area (Å²) in [5, 5.41) is 0. The van der Waals surface area contributed by atoms with Crippen LogP contribution in [0.1, 0.15) is 31.4 Å². The van der Waals surface area contributed by atoms with Crippen LogP contribution in [-0.4, -0.2) is 31.1 Å². The van der Waals surface area contributed by atoms with E-state index in [0.29, 0.717) is 0 Å². The van der Waals surface area contributed by atoms with Crippen LogP contribution in [0.25, 0.3) is 0 Å². The third-order valence-electron chi connectivity index (χ3n) is 3.33. The van der Waals surface area contributed by atoms with Crippen LogP contribution < -0.4 is 10.5 Å². The fraction of sp³-hybridized carbons (Fsp3) is 0.571. The van der Waals surface area contributed by atoms with Gasteiger partial charge in [0.15, 0.2) is 0 Å². The lowest BCUT2D eigenvalue weighted by Crippen LogP contribution is -2.25. The molecule has 0 saturated carbocycles. The average Bonchev–Trinajstić information content (AvgIpc) is 2.84. The summed E-state index contributed by atoms with van der Waals surface area (Å²) in [4.78, 5) is 2.45. The van der Waals surface area contributed by atoms with Gasteiger partial charge >= 0.3 is 0 Å². The molecule has 0 amide bonds. The predicted molar refractivity (Wildman–Crippen MR) is 77.9 cm³/mol. The maximum atomic E-state index is 5.97. The molecule has 0 unspecified atom stereocenters. The van der Waals surface area contributed by atoms with Crippen molar-refractivity contribution in [2.45, 2.75) is 25.8 Å². The first-order valence-electron chi connectivity index (χ1n) is 6.57. The lowest BCUT2D eigenvalue weighted by molar-refractivity contribution is 0.236. The van der Waals surface area contributed by atoms with Gasteiger partial charge in [-0.3, -0.25) is 4.90 Å². The summed E-state index contributed by atoms with van der Waals surface area (Å²) in [6.45, 7) is 6.15. The summed E-state index contributed by atoms with van der Waals surface area (Å²) >= 11 is 3.47. The molecule has 4 heteroatoms. The highest BCUT2D eigenvalue weighted by atomic mass is 79.9. The molecule has 3 nitrogen and oxygen atoms in total. The van der Waals surface area contributed by atoms with E-state index in [1.54, 1.807) is 0 Å². The fourth-order valence-corrected chi connectivity index (χ4v) is 2.68. The highest BCUT2D eigenvalue weighted by molar-refractivity contribution is 9.10. The number of hydrogen-bond donors (Lipinski definition) is 1. The first-order chi connectivity index (χ1) is 8.66. The van der Waals surface area contributed by atoms with Crippen molar-refractivity contribution in [1.82, 2.24) is 4.90 Å². The van der Waals surface area contributed by atoms with Gasteiger partial charge in [0, 0.05) is 22.6 Å². The molecule has 1 saturated heterocycles. The minimum Gasteiger partial charge on any atom is -0.492 e. The molecule has 0 bridgehead atoms. The first kappa shape index (κ1) is 13.8. The number of rotatable bonds is 5. The number of likely N-dealkylation sites (tertiary alicyclic amines) is 1. The number of nitrogens with zero attached hydrogens (tertiary/aromatic N) is 1. The maximum Gasteiger partial charge on any atom is 0.124 e. The highest BCUT2D eigenvalue weighted by Gasteiger charge is 2.12. The van der Waals surface area contributed by atoms with Crippen LogP contribution in [0.5, 0.6) is 5.75 Å². The van der Waals surface area contributed by atoms with Gasteiger partial charge in [-0.05, 0) is 51.1 Å². The Morgan fingerprint density at radius 3 is 2.78 bits per heavy atom. The molecule has 1 aromatic rings. The molecule has 1 aliphatic heterocycles. The van der Waals surface area contributed by atoms with Crippen molar-refractivity contribution in [3.8, 4) is 5.75 Å². The van der Waals surface area contributed by atoms with Crippen LogP contribution in [-0.2, 0) is 0 Å². The summed E-state index contributed by atoms with van der Waals surface area (Å²) in [7, 11) is 0. The molecule has 0 aliphatic carbocycles. The maximum absolute atomic E-state index is 5.97. The summed E-state index contributed by atoms with van der Waals surface area (Å²) in [6.07, 6.45) is 2.65. The second kappa shape index (κ2) is 6.55. The minimum atomic E-state index is -0.00992. The monoisotopic (exact) mass is 312 g/mol. The average molecular weight is 313 g/mol. The SMILES string of the molecule is C[C@H](N)c1cc(Br)ccc1OCCN1CCCC1. The van der Waals surface area contributed by atoms with E-state index in [9.17, 15) is 0 Å². The third kappa shape index (κ3) is 3.70. The number of hydrogen-bond acceptors (Lipinski definition) is 3. The Labute approximate surface area is 117 Å². The lowest BCUT2D eigenvalue weighted by atomic mass is 10.1. The Bertz CT molecular complexity index is 389. The number of nitrogens with two attached hydrogens (primary N) is 1. The van der Waals surface area contributed by atoms with E-state index in [1.165, 1.54) is 25.9 Å². The summed E-state index contributed by atoms with van der Waals surface area (Å²) in [5.41, 5.74) is 7.03. The van der Waals surface area contributed by atoms with E-state index in [-0.39, 0.29) is 6.04 Å². The quantitative estimate of drug-likeness (QED) is 0.908. The lowest BCUT2D eigenvalue weighted by Gasteiger charge is -2.18.